The Morgan fingerprint density at radius 1 is 1.32 bits per heavy atom. The number of nitrogens with two attached hydrogens (primary N) is 1. The summed E-state index contributed by atoms with van der Waals surface area (Å²) in [6.45, 7) is 5.96. The van der Waals surface area contributed by atoms with E-state index < -0.39 is 0 Å². The van der Waals surface area contributed by atoms with E-state index in [0.717, 1.165) is 29.1 Å². The van der Waals surface area contributed by atoms with E-state index in [1.807, 2.05) is 38.1 Å². The molecule has 0 saturated carbocycles. The van der Waals surface area contributed by atoms with Crippen molar-refractivity contribution in [3.63, 3.8) is 0 Å². The van der Waals surface area contributed by atoms with Crippen molar-refractivity contribution in [1.82, 2.24) is 9.97 Å². The molecule has 0 aliphatic heterocycles. The predicted octanol–water partition coefficient (Wildman–Crippen LogP) is 3.16. The van der Waals surface area contributed by atoms with Crippen LogP contribution in [0.2, 0.25) is 0 Å². The topological polar surface area (TPSA) is 61.0 Å². The molecule has 2 rings (SSSR count). The summed E-state index contributed by atoms with van der Waals surface area (Å²) in [6, 6.07) is 7.59. The highest BCUT2D eigenvalue weighted by atomic mass is 16.5. The van der Waals surface area contributed by atoms with Crippen LogP contribution in [0.15, 0.2) is 30.5 Å². The second-order valence-corrected chi connectivity index (χ2v) is 4.57. The second-order valence-electron chi connectivity index (χ2n) is 4.57. The lowest BCUT2D eigenvalue weighted by Crippen LogP contribution is -2.05. The van der Waals surface area contributed by atoms with Gasteiger partial charge >= 0.3 is 0 Å². The minimum absolute atomic E-state index is 0.0351. The molecular formula is C15H19N3O. The predicted molar refractivity (Wildman–Crippen MR) is 75.3 cm³/mol. The fourth-order valence-electron chi connectivity index (χ4n) is 1.82. The summed E-state index contributed by atoms with van der Waals surface area (Å²) in [4.78, 5) is 8.68. The number of hydrogen-bond acceptors (Lipinski definition) is 4. The van der Waals surface area contributed by atoms with Crippen LogP contribution in [0.1, 0.15) is 36.8 Å². The van der Waals surface area contributed by atoms with Gasteiger partial charge in [0.25, 0.3) is 0 Å². The van der Waals surface area contributed by atoms with E-state index in [0.29, 0.717) is 5.88 Å². The highest BCUT2D eigenvalue weighted by Crippen LogP contribution is 2.25. The van der Waals surface area contributed by atoms with Crippen molar-refractivity contribution in [3.8, 4) is 11.6 Å². The van der Waals surface area contributed by atoms with Crippen LogP contribution in [0.4, 0.5) is 0 Å². The zero-order chi connectivity index (χ0) is 13.8. The van der Waals surface area contributed by atoms with Gasteiger partial charge in [0, 0.05) is 24.0 Å². The monoisotopic (exact) mass is 257 g/mol. The number of pyridine rings is 2. The lowest BCUT2D eigenvalue weighted by molar-refractivity contribution is 0.452. The average molecular weight is 257 g/mol. The summed E-state index contributed by atoms with van der Waals surface area (Å²) in [6.07, 6.45) is 2.53. The van der Waals surface area contributed by atoms with Gasteiger partial charge in [-0.2, -0.15) is 0 Å². The van der Waals surface area contributed by atoms with E-state index in [2.05, 4.69) is 16.9 Å². The Morgan fingerprint density at radius 2 is 2.11 bits per heavy atom. The van der Waals surface area contributed by atoms with Gasteiger partial charge in [-0.25, -0.2) is 4.98 Å². The summed E-state index contributed by atoms with van der Waals surface area (Å²) in [5.41, 5.74) is 8.78. The summed E-state index contributed by atoms with van der Waals surface area (Å²) in [7, 11) is 0. The third-order valence-corrected chi connectivity index (χ3v) is 2.91. The maximum Gasteiger partial charge on any atom is 0.219 e. The standard InChI is InChI=1S/C15H19N3O/c1-4-13-14(6-5-10(2)18-13)19-15-9-12(11(3)16)7-8-17-15/h5-9,11H,4,16H2,1-3H3/t11-/m1/s1. The van der Waals surface area contributed by atoms with E-state index in [1.54, 1.807) is 6.20 Å². The molecule has 2 aromatic heterocycles. The van der Waals surface area contributed by atoms with E-state index in [1.165, 1.54) is 0 Å². The maximum absolute atomic E-state index is 5.86. The highest BCUT2D eigenvalue weighted by molar-refractivity contribution is 5.34. The molecule has 0 aromatic carbocycles. The molecule has 2 heterocycles. The number of hydrogen-bond donors (Lipinski definition) is 1. The normalized spacial score (nSPS) is 12.2. The van der Waals surface area contributed by atoms with Crippen LogP contribution in [0.25, 0.3) is 0 Å². The molecule has 0 spiro atoms. The zero-order valence-electron chi connectivity index (χ0n) is 11.6. The Morgan fingerprint density at radius 3 is 2.79 bits per heavy atom. The lowest BCUT2D eigenvalue weighted by atomic mass is 10.1. The molecule has 1 atom stereocenters. The van der Waals surface area contributed by atoms with E-state index in [9.17, 15) is 0 Å². The van der Waals surface area contributed by atoms with Gasteiger partial charge in [-0.1, -0.05) is 6.92 Å². The van der Waals surface area contributed by atoms with Gasteiger partial charge in [-0.15, -0.1) is 0 Å². The molecule has 4 heteroatoms. The molecule has 0 radical (unpaired) electrons. The maximum atomic E-state index is 5.86. The van der Waals surface area contributed by atoms with Crippen LogP contribution in [0.5, 0.6) is 11.6 Å². The van der Waals surface area contributed by atoms with Crippen LogP contribution in [0.3, 0.4) is 0 Å². The Bertz CT molecular complexity index is 567. The van der Waals surface area contributed by atoms with Gasteiger partial charge in [-0.3, -0.25) is 4.98 Å². The number of rotatable bonds is 4. The number of nitrogens with zero attached hydrogens (tertiary/aromatic N) is 2. The zero-order valence-corrected chi connectivity index (χ0v) is 11.6. The van der Waals surface area contributed by atoms with Crippen LogP contribution < -0.4 is 10.5 Å². The van der Waals surface area contributed by atoms with Gasteiger partial charge in [0.05, 0.1) is 5.69 Å². The summed E-state index contributed by atoms with van der Waals surface area (Å²) >= 11 is 0. The van der Waals surface area contributed by atoms with Crippen molar-refractivity contribution < 1.29 is 4.74 Å². The summed E-state index contributed by atoms with van der Waals surface area (Å²) in [5.74, 6) is 1.30. The Kier molecular flexibility index (Phi) is 4.12. The SMILES string of the molecule is CCc1nc(C)ccc1Oc1cc([C@@H](C)N)ccn1. The first-order valence-electron chi connectivity index (χ1n) is 6.46. The van der Waals surface area contributed by atoms with E-state index in [4.69, 9.17) is 10.5 Å². The summed E-state index contributed by atoms with van der Waals surface area (Å²) in [5, 5.41) is 0. The molecule has 0 saturated heterocycles. The quantitative estimate of drug-likeness (QED) is 0.914. The first-order chi connectivity index (χ1) is 9.10. The fourth-order valence-corrected chi connectivity index (χ4v) is 1.82. The average Bonchev–Trinajstić information content (AvgIpc) is 2.41. The fraction of sp³-hybridized carbons (Fsp3) is 0.333. The van der Waals surface area contributed by atoms with Gasteiger partial charge in [0.2, 0.25) is 5.88 Å². The van der Waals surface area contributed by atoms with Crippen molar-refractivity contribution in [1.29, 1.82) is 0 Å². The Hall–Kier alpha value is -1.94. The molecule has 4 nitrogen and oxygen atoms in total. The molecule has 100 valence electrons. The van der Waals surface area contributed by atoms with Crippen molar-refractivity contribution >= 4 is 0 Å². The van der Waals surface area contributed by atoms with Gasteiger partial charge in [-0.05, 0) is 44.0 Å². The molecular weight excluding hydrogens is 238 g/mol. The van der Waals surface area contributed by atoms with Crippen LogP contribution in [-0.2, 0) is 6.42 Å². The third-order valence-electron chi connectivity index (χ3n) is 2.91. The van der Waals surface area contributed by atoms with Crippen LogP contribution in [-0.4, -0.2) is 9.97 Å². The Balaban J connectivity index is 2.28. The van der Waals surface area contributed by atoms with Gasteiger partial charge < -0.3 is 10.5 Å². The molecule has 0 aliphatic rings. The van der Waals surface area contributed by atoms with E-state index in [-0.39, 0.29) is 6.04 Å². The lowest BCUT2D eigenvalue weighted by Gasteiger charge is -2.11. The first-order valence-corrected chi connectivity index (χ1v) is 6.46. The minimum Gasteiger partial charge on any atom is -0.437 e. The first kappa shape index (κ1) is 13.5. The molecule has 0 unspecified atom stereocenters. The molecule has 19 heavy (non-hydrogen) atoms. The van der Waals surface area contributed by atoms with E-state index >= 15 is 0 Å². The second kappa shape index (κ2) is 5.80. The Labute approximate surface area is 113 Å². The molecule has 0 bridgehead atoms. The van der Waals surface area contributed by atoms with Crippen molar-refractivity contribution in [3.05, 3.63) is 47.4 Å². The van der Waals surface area contributed by atoms with Gasteiger partial charge in [0.1, 0.15) is 0 Å². The van der Waals surface area contributed by atoms with Crippen LogP contribution >= 0.6 is 0 Å². The van der Waals surface area contributed by atoms with Crippen molar-refractivity contribution in [2.75, 3.05) is 0 Å². The minimum atomic E-state index is -0.0351. The van der Waals surface area contributed by atoms with Crippen LogP contribution in [0, 0.1) is 6.92 Å². The number of ether oxygens (including phenoxy) is 1. The molecule has 0 aliphatic carbocycles. The molecule has 0 fully saturated rings. The molecule has 2 aromatic rings. The number of aromatic nitrogens is 2. The number of aryl methyl sites for hydroxylation is 2. The van der Waals surface area contributed by atoms with Crippen molar-refractivity contribution in [2.24, 2.45) is 5.73 Å². The summed E-state index contributed by atoms with van der Waals surface area (Å²) < 4.78 is 5.82. The highest BCUT2D eigenvalue weighted by Gasteiger charge is 2.08. The molecule has 2 N–H and O–H groups in total. The van der Waals surface area contributed by atoms with Gasteiger partial charge in [0.15, 0.2) is 5.75 Å². The largest absolute Gasteiger partial charge is 0.437 e. The molecule has 0 amide bonds. The third kappa shape index (κ3) is 3.29. The smallest absolute Gasteiger partial charge is 0.219 e. The van der Waals surface area contributed by atoms with Crippen molar-refractivity contribution in [2.45, 2.75) is 33.2 Å².